The molecule has 2 aromatic heterocycles. The fourth-order valence-electron chi connectivity index (χ4n) is 1.93. The summed E-state index contributed by atoms with van der Waals surface area (Å²) in [5.41, 5.74) is 2.12. The van der Waals surface area contributed by atoms with E-state index in [2.05, 4.69) is 15.4 Å². The van der Waals surface area contributed by atoms with E-state index in [0.717, 1.165) is 26.7 Å². The Morgan fingerprint density at radius 3 is 2.89 bits per heavy atom. The smallest absolute Gasteiger partial charge is 0.294 e. The summed E-state index contributed by atoms with van der Waals surface area (Å²) in [5, 5.41) is 7.56. The zero-order valence-electron chi connectivity index (χ0n) is 10.4. The van der Waals surface area contributed by atoms with Crippen LogP contribution in [-0.2, 0) is 23.1 Å². The highest BCUT2D eigenvalue weighted by Gasteiger charge is 2.27. The number of hydrogen-bond acceptors (Lipinski definition) is 7. The molecule has 1 N–H and O–H groups in total. The van der Waals surface area contributed by atoms with Crippen LogP contribution in [0.2, 0.25) is 0 Å². The average Bonchev–Trinajstić information content (AvgIpc) is 3.00. The number of ether oxygens (including phenoxy) is 1. The number of methoxy groups -OCH3 is 1. The minimum atomic E-state index is -3.68. The maximum absolute atomic E-state index is 12.5. The zero-order chi connectivity index (χ0) is 13.6. The van der Waals surface area contributed by atoms with Crippen molar-refractivity contribution in [2.45, 2.75) is 24.2 Å². The SMILES string of the molecule is COc1nc(C)c(S(=O)(=O)n2cc3c(n2)CNC3)s1. The Balaban J connectivity index is 2.08. The largest absolute Gasteiger partial charge is 0.473 e. The van der Waals surface area contributed by atoms with Crippen LogP contribution in [-0.4, -0.2) is 29.7 Å². The van der Waals surface area contributed by atoms with E-state index in [-0.39, 0.29) is 4.21 Å². The molecule has 0 fully saturated rings. The van der Waals surface area contributed by atoms with Crippen molar-refractivity contribution < 1.29 is 13.2 Å². The number of nitrogens with zero attached hydrogens (tertiary/aromatic N) is 3. The first-order valence-electron chi connectivity index (χ1n) is 5.57. The van der Waals surface area contributed by atoms with Gasteiger partial charge in [0.2, 0.25) is 0 Å². The molecule has 3 rings (SSSR count). The molecular formula is C10H12N4O3S2. The molecule has 19 heavy (non-hydrogen) atoms. The molecule has 0 bridgehead atoms. The van der Waals surface area contributed by atoms with Gasteiger partial charge in [0.05, 0.1) is 18.5 Å². The predicted octanol–water partition coefficient (Wildman–Crippen LogP) is 0.497. The molecule has 0 saturated heterocycles. The molecule has 3 heterocycles. The second kappa shape index (κ2) is 4.29. The fourth-order valence-corrected chi connectivity index (χ4v) is 4.47. The van der Waals surface area contributed by atoms with Gasteiger partial charge in [-0.25, -0.2) is 4.98 Å². The Labute approximate surface area is 114 Å². The molecule has 0 spiro atoms. The van der Waals surface area contributed by atoms with E-state index in [1.165, 1.54) is 7.11 Å². The van der Waals surface area contributed by atoms with Gasteiger partial charge in [0.25, 0.3) is 15.2 Å². The Bertz CT molecular complexity index is 711. The second-order valence-electron chi connectivity index (χ2n) is 4.14. The summed E-state index contributed by atoms with van der Waals surface area (Å²) < 4.78 is 31.1. The molecule has 0 saturated carbocycles. The molecule has 102 valence electrons. The number of thiazole rings is 1. The van der Waals surface area contributed by atoms with Crippen LogP contribution in [0.1, 0.15) is 17.0 Å². The lowest BCUT2D eigenvalue weighted by atomic mass is 10.3. The molecule has 0 radical (unpaired) electrons. The molecule has 0 aliphatic carbocycles. The van der Waals surface area contributed by atoms with Crippen LogP contribution in [0.25, 0.3) is 0 Å². The highest BCUT2D eigenvalue weighted by Crippen LogP contribution is 2.30. The summed E-state index contributed by atoms with van der Waals surface area (Å²) in [6, 6.07) is 0. The standard InChI is InChI=1S/C10H12N4O3S2/c1-6-9(18-10(12-6)17-2)19(15,16)14-5-7-3-11-4-8(7)13-14/h5,11H,3-4H2,1-2H3. The Kier molecular flexibility index (Phi) is 2.84. The van der Waals surface area contributed by atoms with Gasteiger partial charge in [-0.3, -0.25) is 0 Å². The third kappa shape index (κ3) is 1.94. The molecule has 2 aromatic rings. The van der Waals surface area contributed by atoms with Crippen molar-refractivity contribution in [3.8, 4) is 5.19 Å². The van der Waals surface area contributed by atoms with Crippen LogP contribution in [0.4, 0.5) is 0 Å². The van der Waals surface area contributed by atoms with Crippen LogP contribution in [0.15, 0.2) is 10.4 Å². The van der Waals surface area contributed by atoms with Gasteiger partial charge in [0.15, 0.2) is 4.21 Å². The fraction of sp³-hybridized carbons (Fsp3) is 0.400. The van der Waals surface area contributed by atoms with Crippen LogP contribution >= 0.6 is 11.3 Å². The first-order valence-corrected chi connectivity index (χ1v) is 7.83. The highest BCUT2D eigenvalue weighted by molar-refractivity contribution is 7.92. The van der Waals surface area contributed by atoms with Gasteiger partial charge in [0.1, 0.15) is 0 Å². The lowest BCUT2D eigenvalue weighted by Gasteiger charge is -2.02. The number of nitrogens with one attached hydrogen (secondary N) is 1. The normalized spacial score (nSPS) is 14.6. The van der Waals surface area contributed by atoms with Gasteiger partial charge in [0, 0.05) is 24.8 Å². The summed E-state index contributed by atoms with van der Waals surface area (Å²) in [7, 11) is -2.22. The van der Waals surface area contributed by atoms with E-state index in [9.17, 15) is 8.42 Å². The van der Waals surface area contributed by atoms with Crippen molar-refractivity contribution in [2.24, 2.45) is 0 Å². The van der Waals surface area contributed by atoms with E-state index in [1.54, 1.807) is 13.1 Å². The first-order chi connectivity index (χ1) is 9.02. The second-order valence-corrected chi connectivity index (χ2v) is 7.09. The number of rotatable bonds is 3. The van der Waals surface area contributed by atoms with Gasteiger partial charge in [-0.2, -0.15) is 17.6 Å². The van der Waals surface area contributed by atoms with E-state index >= 15 is 0 Å². The Morgan fingerprint density at radius 2 is 2.26 bits per heavy atom. The van der Waals surface area contributed by atoms with Crippen molar-refractivity contribution in [3.05, 3.63) is 23.1 Å². The maximum atomic E-state index is 12.5. The molecule has 0 amide bonds. The van der Waals surface area contributed by atoms with Crippen molar-refractivity contribution in [1.82, 2.24) is 19.5 Å². The maximum Gasteiger partial charge on any atom is 0.294 e. The van der Waals surface area contributed by atoms with Crippen molar-refractivity contribution in [1.29, 1.82) is 0 Å². The van der Waals surface area contributed by atoms with E-state index in [1.807, 2.05) is 0 Å². The van der Waals surface area contributed by atoms with Gasteiger partial charge >= 0.3 is 0 Å². The minimum absolute atomic E-state index is 0.165. The van der Waals surface area contributed by atoms with Crippen LogP contribution in [0, 0.1) is 6.92 Å². The molecular weight excluding hydrogens is 288 g/mol. The predicted molar refractivity (Wildman–Crippen MR) is 68.8 cm³/mol. The van der Waals surface area contributed by atoms with Crippen LogP contribution in [0.3, 0.4) is 0 Å². The summed E-state index contributed by atoms with van der Waals surface area (Å²) in [6.07, 6.45) is 1.55. The van der Waals surface area contributed by atoms with E-state index < -0.39 is 10.0 Å². The summed E-state index contributed by atoms with van der Waals surface area (Å²) in [6.45, 7) is 2.89. The van der Waals surface area contributed by atoms with Crippen molar-refractivity contribution >= 4 is 21.4 Å². The zero-order valence-corrected chi connectivity index (χ0v) is 12.0. The highest BCUT2D eigenvalue weighted by atomic mass is 32.2. The van der Waals surface area contributed by atoms with Crippen LogP contribution in [0.5, 0.6) is 5.19 Å². The summed E-state index contributed by atoms with van der Waals surface area (Å²) in [5.74, 6) is 0. The molecule has 1 aliphatic rings. The monoisotopic (exact) mass is 300 g/mol. The lowest BCUT2D eigenvalue weighted by molar-refractivity contribution is 0.411. The van der Waals surface area contributed by atoms with Gasteiger partial charge in [-0.1, -0.05) is 11.3 Å². The van der Waals surface area contributed by atoms with Gasteiger partial charge < -0.3 is 10.1 Å². The molecule has 0 aromatic carbocycles. The third-order valence-corrected chi connectivity index (χ3v) is 6.09. The number of aryl methyl sites for hydroxylation is 1. The molecule has 9 heteroatoms. The van der Waals surface area contributed by atoms with Crippen LogP contribution < -0.4 is 10.1 Å². The molecule has 1 aliphatic heterocycles. The molecule has 0 atom stereocenters. The van der Waals surface area contributed by atoms with E-state index in [4.69, 9.17) is 4.74 Å². The topological polar surface area (TPSA) is 86.1 Å². The minimum Gasteiger partial charge on any atom is -0.473 e. The Hall–Kier alpha value is -1.45. The number of fused-ring (bicyclic) bond motifs is 1. The van der Waals surface area contributed by atoms with Gasteiger partial charge in [-0.05, 0) is 6.92 Å². The molecule has 0 unspecified atom stereocenters. The number of aromatic nitrogens is 3. The van der Waals surface area contributed by atoms with Crippen molar-refractivity contribution in [2.75, 3.05) is 7.11 Å². The third-order valence-electron chi connectivity index (χ3n) is 2.85. The van der Waals surface area contributed by atoms with Gasteiger partial charge in [-0.15, -0.1) is 0 Å². The average molecular weight is 300 g/mol. The van der Waals surface area contributed by atoms with E-state index in [0.29, 0.717) is 24.0 Å². The number of hydrogen-bond donors (Lipinski definition) is 1. The lowest BCUT2D eigenvalue weighted by Crippen LogP contribution is -2.15. The first kappa shape index (κ1) is 12.6. The Morgan fingerprint density at radius 1 is 1.47 bits per heavy atom. The molecule has 7 nitrogen and oxygen atoms in total. The summed E-state index contributed by atoms with van der Waals surface area (Å²) in [4.78, 5) is 4.05. The van der Waals surface area contributed by atoms with Crippen molar-refractivity contribution in [3.63, 3.8) is 0 Å². The summed E-state index contributed by atoms with van der Waals surface area (Å²) >= 11 is 1.00. The quantitative estimate of drug-likeness (QED) is 0.888.